The molecule has 0 fully saturated rings. The van der Waals surface area contributed by atoms with Gasteiger partial charge in [-0.3, -0.25) is 15.0 Å². The molecule has 1 aliphatic heterocycles. The summed E-state index contributed by atoms with van der Waals surface area (Å²) in [6.07, 6.45) is 10.7. The molecule has 7 heteroatoms. The van der Waals surface area contributed by atoms with Gasteiger partial charge in [0.05, 0.1) is 58.1 Å². The molecule has 3 aromatic heterocycles. The van der Waals surface area contributed by atoms with Crippen LogP contribution in [0.3, 0.4) is 0 Å². The van der Waals surface area contributed by atoms with Crippen molar-refractivity contribution in [1.29, 1.82) is 0 Å². The number of pyridine rings is 1. The Labute approximate surface area is 247 Å². The lowest BCUT2D eigenvalue weighted by atomic mass is 9.89. The summed E-state index contributed by atoms with van der Waals surface area (Å²) in [5.74, 6) is 0. The topological polar surface area (TPSA) is 71.6 Å². The fourth-order valence-corrected chi connectivity index (χ4v) is 6.35. The van der Waals surface area contributed by atoms with Crippen LogP contribution in [-0.4, -0.2) is 39.5 Å². The molecule has 4 heterocycles. The van der Waals surface area contributed by atoms with E-state index in [9.17, 15) is 0 Å². The zero-order chi connectivity index (χ0) is 28.9. The van der Waals surface area contributed by atoms with Crippen molar-refractivity contribution in [3.63, 3.8) is 0 Å². The van der Waals surface area contributed by atoms with Crippen LogP contribution >= 0.6 is 0 Å². The van der Waals surface area contributed by atoms with Crippen LogP contribution in [0.1, 0.15) is 0 Å². The van der Waals surface area contributed by atoms with Crippen LogP contribution in [0.2, 0.25) is 0 Å². The Morgan fingerprint density at radius 2 is 1.65 bits per heavy atom. The van der Waals surface area contributed by atoms with E-state index in [0.717, 1.165) is 61.4 Å². The lowest BCUT2D eigenvalue weighted by Crippen LogP contribution is -2.21. The molecular weight excluding hydrogens is 530 g/mol. The molecule has 7 aromatic rings. The minimum Gasteiger partial charge on any atom is -0.306 e. The average molecular weight is 556 g/mol. The summed E-state index contributed by atoms with van der Waals surface area (Å²) in [6.45, 7) is 3.75. The standard InChI is InChI=1S/C36H25N7/c1-37-18-25(19-38-2)43-33-11-6-8-23-7-5-9-27(36(23)33)29-16-30-28-15-24(31-10-3-4-14-41-31)12-13-32(28)42(35(30)17-34(29)43)26-20-39-22-40-21-26/h3-22H,1H2,2H3/b25-18+,38-19?. The van der Waals surface area contributed by atoms with Gasteiger partial charge in [0.25, 0.3) is 0 Å². The van der Waals surface area contributed by atoms with E-state index in [1.165, 1.54) is 16.3 Å². The summed E-state index contributed by atoms with van der Waals surface area (Å²) in [6, 6.07) is 30.0. The molecular formula is C36H25N7. The van der Waals surface area contributed by atoms with Crippen LogP contribution in [0.5, 0.6) is 0 Å². The monoisotopic (exact) mass is 555 g/mol. The Morgan fingerprint density at radius 3 is 2.44 bits per heavy atom. The van der Waals surface area contributed by atoms with Gasteiger partial charge in [0.1, 0.15) is 6.33 Å². The average Bonchev–Trinajstić information content (AvgIpc) is 3.38. The molecule has 0 saturated carbocycles. The number of nitrogens with zero attached hydrogens (tertiary/aromatic N) is 7. The smallest absolute Gasteiger partial charge is 0.115 e. The van der Waals surface area contributed by atoms with Gasteiger partial charge in [-0.15, -0.1) is 0 Å². The lowest BCUT2D eigenvalue weighted by molar-refractivity contribution is 1.07. The zero-order valence-corrected chi connectivity index (χ0v) is 23.4. The molecule has 7 nitrogen and oxygen atoms in total. The van der Waals surface area contributed by atoms with Crippen molar-refractivity contribution in [3.05, 3.63) is 122 Å². The predicted octanol–water partition coefficient (Wildman–Crippen LogP) is 8.15. The second kappa shape index (κ2) is 9.85. The minimum absolute atomic E-state index is 0.822. The molecule has 0 atom stereocenters. The highest BCUT2D eigenvalue weighted by atomic mass is 15.2. The van der Waals surface area contributed by atoms with Crippen LogP contribution < -0.4 is 4.90 Å². The fourth-order valence-electron chi connectivity index (χ4n) is 6.35. The van der Waals surface area contributed by atoms with Crippen molar-refractivity contribution in [2.75, 3.05) is 11.9 Å². The molecule has 1 aliphatic rings. The molecule has 204 valence electrons. The highest BCUT2D eigenvalue weighted by Gasteiger charge is 2.28. The number of aliphatic imine (C=N–C) groups is 2. The number of allylic oxidation sites excluding steroid dienone is 1. The van der Waals surface area contributed by atoms with Crippen molar-refractivity contribution < 1.29 is 0 Å². The van der Waals surface area contributed by atoms with Crippen molar-refractivity contribution in [3.8, 4) is 28.1 Å². The van der Waals surface area contributed by atoms with E-state index in [2.05, 4.69) is 108 Å². The summed E-state index contributed by atoms with van der Waals surface area (Å²) in [7, 11) is 1.77. The molecule has 0 aliphatic carbocycles. The van der Waals surface area contributed by atoms with Gasteiger partial charge in [0.2, 0.25) is 0 Å². The number of hydrogen-bond acceptors (Lipinski definition) is 6. The van der Waals surface area contributed by atoms with Crippen LogP contribution in [0.25, 0.3) is 60.6 Å². The first kappa shape index (κ1) is 24.8. The molecule has 0 bridgehead atoms. The maximum Gasteiger partial charge on any atom is 0.115 e. The van der Waals surface area contributed by atoms with Crippen molar-refractivity contribution in [2.24, 2.45) is 9.98 Å². The maximum absolute atomic E-state index is 4.62. The van der Waals surface area contributed by atoms with Gasteiger partial charge in [0, 0.05) is 46.7 Å². The first-order chi connectivity index (χ1) is 21.3. The maximum atomic E-state index is 4.62. The van der Waals surface area contributed by atoms with Crippen molar-refractivity contribution >= 4 is 56.9 Å². The van der Waals surface area contributed by atoms with Gasteiger partial charge in [0.15, 0.2) is 0 Å². The number of rotatable bonds is 5. The Morgan fingerprint density at radius 1 is 0.814 bits per heavy atom. The zero-order valence-electron chi connectivity index (χ0n) is 23.4. The van der Waals surface area contributed by atoms with Crippen LogP contribution in [0.4, 0.5) is 11.4 Å². The molecule has 0 unspecified atom stereocenters. The van der Waals surface area contributed by atoms with E-state index in [1.54, 1.807) is 19.6 Å². The third-order valence-corrected chi connectivity index (χ3v) is 8.05. The molecule has 0 radical (unpaired) electrons. The number of hydrogen-bond donors (Lipinski definition) is 0. The summed E-state index contributed by atoms with van der Waals surface area (Å²) < 4.78 is 2.23. The Kier molecular flexibility index (Phi) is 5.68. The van der Waals surface area contributed by atoms with Crippen molar-refractivity contribution in [1.82, 2.24) is 19.5 Å². The third kappa shape index (κ3) is 3.79. The minimum atomic E-state index is 0.822. The summed E-state index contributed by atoms with van der Waals surface area (Å²) >= 11 is 0. The third-order valence-electron chi connectivity index (χ3n) is 8.05. The summed E-state index contributed by atoms with van der Waals surface area (Å²) in [5, 5.41) is 4.61. The number of anilines is 2. The van der Waals surface area contributed by atoms with Crippen LogP contribution in [0, 0.1) is 0 Å². The SMILES string of the molecule is C=N/C=C(\C=NC)N1c2cc3c(cc2-c2cccc4cccc1c24)c1cc(-c2ccccn2)ccc1n3-c1cncnc1. The quantitative estimate of drug-likeness (QED) is 0.201. The van der Waals surface area contributed by atoms with E-state index < -0.39 is 0 Å². The van der Waals surface area contributed by atoms with E-state index in [1.807, 2.05) is 43.0 Å². The molecule has 0 saturated heterocycles. The van der Waals surface area contributed by atoms with Gasteiger partial charge in [-0.25, -0.2) is 9.97 Å². The lowest BCUT2D eigenvalue weighted by Gasteiger charge is -2.33. The Hall–Kier alpha value is -5.95. The fraction of sp³-hybridized carbons (Fsp3) is 0.0278. The van der Waals surface area contributed by atoms with Crippen LogP contribution in [-0.2, 0) is 0 Å². The predicted molar refractivity (Wildman–Crippen MR) is 177 cm³/mol. The Bertz CT molecular complexity index is 2260. The van der Waals surface area contributed by atoms with E-state index in [-0.39, 0.29) is 0 Å². The molecule has 43 heavy (non-hydrogen) atoms. The molecule has 8 rings (SSSR count). The van der Waals surface area contributed by atoms with Crippen LogP contribution in [0.15, 0.2) is 132 Å². The van der Waals surface area contributed by atoms with Gasteiger partial charge >= 0.3 is 0 Å². The largest absolute Gasteiger partial charge is 0.306 e. The van der Waals surface area contributed by atoms with Crippen molar-refractivity contribution in [2.45, 2.75) is 0 Å². The summed E-state index contributed by atoms with van der Waals surface area (Å²) in [4.78, 5) is 24.1. The number of benzene rings is 4. The normalized spacial score (nSPS) is 12.9. The molecule has 0 amide bonds. The first-order valence-electron chi connectivity index (χ1n) is 14.0. The van der Waals surface area contributed by atoms with Gasteiger partial charge in [-0.05, 0) is 60.1 Å². The van der Waals surface area contributed by atoms with E-state index in [4.69, 9.17) is 0 Å². The highest BCUT2D eigenvalue weighted by molar-refractivity contribution is 6.19. The first-order valence-corrected chi connectivity index (χ1v) is 14.0. The molecule has 0 N–H and O–H groups in total. The number of aromatic nitrogens is 4. The van der Waals surface area contributed by atoms with E-state index in [0.29, 0.717) is 0 Å². The summed E-state index contributed by atoms with van der Waals surface area (Å²) in [5.41, 5.74) is 10.2. The molecule has 4 aromatic carbocycles. The Balaban J connectivity index is 1.52. The number of fused-ring (bicyclic) bond motifs is 5. The van der Waals surface area contributed by atoms with Gasteiger partial charge < -0.3 is 9.47 Å². The second-order valence-corrected chi connectivity index (χ2v) is 10.4. The van der Waals surface area contributed by atoms with E-state index >= 15 is 0 Å². The highest BCUT2D eigenvalue weighted by Crippen LogP contribution is 2.51. The van der Waals surface area contributed by atoms with Gasteiger partial charge in [-0.1, -0.05) is 42.5 Å². The second-order valence-electron chi connectivity index (χ2n) is 10.4. The van der Waals surface area contributed by atoms with Gasteiger partial charge in [-0.2, -0.15) is 0 Å². The molecule has 0 spiro atoms.